The molecule has 108 valence electrons. The van der Waals surface area contributed by atoms with Crippen LogP contribution in [0.25, 0.3) is 0 Å². The summed E-state index contributed by atoms with van der Waals surface area (Å²) in [4.78, 5) is 11.5. The minimum atomic E-state index is -0.511. The van der Waals surface area contributed by atoms with Gasteiger partial charge in [-0.25, -0.2) is 4.79 Å². The molecule has 0 unspecified atom stereocenters. The molecule has 1 aromatic rings. The number of rotatable bonds is 3. The second kappa shape index (κ2) is 6.47. The summed E-state index contributed by atoms with van der Waals surface area (Å²) in [5.41, 5.74) is 6.38. The summed E-state index contributed by atoms with van der Waals surface area (Å²) in [5, 5.41) is 10.0. The topological polar surface area (TPSA) is 93.1 Å². The largest absolute Gasteiger partial charge is 0.444 e. The molecule has 0 saturated carbocycles. The molecule has 6 nitrogen and oxygen atoms in total. The smallest absolute Gasteiger partial charge is 0.407 e. The number of hydrogen-bond donors (Lipinski definition) is 3. The van der Waals surface area contributed by atoms with Crippen molar-refractivity contribution in [1.29, 1.82) is 5.41 Å². The van der Waals surface area contributed by atoms with Crippen molar-refractivity contribution in [2.45, 2.75) is 32.9 Å². The number of nitrogen functional groups attached to an aromatic ring is 1. The van der Waals surface area contributed by atoms with Gasteiger partial charge in [0.2, 0.25) is 0 Å². The molecule has 4 N–H and O–H groups in total. The number of carbonyl (C=O) groups is 1. The molecular weight excluding hydrogens is 268 g/mol. The van der Waals surface area contributed by atoms with E-state index in [4.69, 9.17) is 15.9 Å². The fourth-order valence-corrected chi connectivity index (χ4v) is 1.48. The Hall–Kier alpha value is -1.69. The molecule has 0 radical (unpaired) electrons. The third-order valence-corrected chi connectivity index (χ3v) is 2.31. The molecule has 1 rings (SSSR count). The van der Waals surface area contributed by atoms with Gasteiger partial charge in [-0.3, -0.25) is 5.41 Å². The van der Waals surface area contributed by atoms with Crippen LogP contribution in [0, 0.1) is 5.41 Å². The van der Waals surface area contributed by atoms with E-state index < -0.39 is 11.7 Å². The van der Waals surface area contributed by atoms with Crippen molar-refractivity contribution in [2.24, 2.45) is 12.8 Å². The highest BCUT2D eigenvalue weighted by molar-refractivity contribution is 5.93. The highest BCUT2D eigenvalue weighted by atomic mass is 35.5. The Kier molecular flexibility index (Phi) is 5.89. The number of amidine groups is 1. The lowest BCUT2D eigenvalue weighted by molar-refractivity contribution is 0.0522. The molecular formula is C12H21ClN4O2. The average Bonchev–Trinajstić information content (AvgIpc) is 2.54. The summed E-state index contributed by atoms with van der Waals surface area (Å²) in [7, 11) is 1.79. The van der Waals surface area contributed by atoms with Gasteiger partial charge in [0.25, 0.3) is 0 Å². The zero-order valence-electron chi connectivity index (χ0n) is 11.6. The van der Waals surface area contributed by atoms with Crippen LogP contribution in [0.5, 0.6) is 0 Å². The lowest BCUT2D eigenvalue weighted by atomic mass is 10.2. The van der Waals surface area contributed by atoms with Crippen LogP contribution in [0.4, 0.5) is 4.79 Å². The number of nitrogens with zero attached hydrogens (tertiary/aromatic N) is 1. The Bertz CT molecular complexity index is 463. The summed E-state index contributed by atoms with van der Waals surface area (Å²) >= 11 is 0. The molecule has 0 spiro atoms. The Morgan fingerprint density at radius 3 is 2.47 bits per heavy atom. The van der Waals surface area contributed by atoms with E-state index in [1.54, 1.807) is 17.7 Å². The molecule has 0 aromatic carbocycles. The van der Waals surface area contributed by atoms with E-state index in [0.717, 1.165) is 5.69 Å². The van der Waals surface area contributed by atoms with Gasteiger partial charge in [-0.2, -0.15) is 0 Å². The highest BCUT2D eigenvalue weighted by Gasteiger charge is 2.16. The predicted molar refractivity (Wildman–Crippen MR) is 76.8 cm³/mol. The number of aromatic nitrogens is 1. The van der Waals surface area contributed by atoms with Gasteiger partial charge in [-0.15, -0.1) is 12.4 Å². The van der Waals surface area contributed by atoms with Crippen molar-refractivity contribution in [2.75, 3.05) is 0 Å². The first-order valence-electron chi connectivity index (χ1n) is 5.66. The van der Waals surface area contributed by atoms with Crippen LogP contribution in [-0.4, -0.2) is 22.1 Å². The molecule has 0 atom stereocenters. The quantitative estimate of drug-likeness (QED) is 0.584. The number of carbonyl (C=O) groups excluding carboxylic acids is 1. The highest BCUT2D eigenvalue weighted by Crippen LogP contribution is 2.08. The molecule has 0 fully saturated rings. The molecule has 0 bridgehead atoms. The van der Waals surface area contributed by atoms with Crippen LogP contribution in [0.2, 0.25) is 0 Å². The van der Waals surface area contributed by atoms with E-state index in [9.17, 15) is 4.79 Å². The van der Waals surface area contributed by atoms with Crippen LogP contribution in [0.3, 0.4) is 0 Å². The summed E-state index contributed by atoms with van der Waals surface area (Å²) < 4.78 is 6.89. The molecule has 0 aliphatic rings. The Morgan fingerprint density at radius 2 is 2.05 bits per heavy atom. The summed E-state index contributed by atoms with van der Waals surface area (Å²) in [6, 6.07) is 3.56. The molecule has 0 aliphatic carbocycles. The molecule has 0 aliphatic heterocycles. The van der Waals surface area contributed by atoms with Gasteiger partial charge in [-0.05, 0) is 32.9 Å². The number of amides is 1. The van der Waals surface area contributed by atoms with Gasteiger partial charge in [-0.1, -0.05) is 0 Å². The van der Waals surface area contributed by atoms with Crippen LogP contribution in [-0.2, 0) is 18.3 Å². The third-order valence-electron chi connectivity index (χ3n) is 2.31. The van der Waals surface area contributed by atoms with Crippen LogP contribution in [0.15, 0.2) is 12.1 Å². The fourth-order valence-electron chi connectivity index (χ4n) is 1.48. The number of hydrogen-bond acceptors (Lipinski definition) is 3. The van der Waals surface area contributed by atoms with Gasteiger partial charge in [0, 0.05) is 12.7 Å². The molecule has 1 heterocycles. The zero-order valence-corrected chi connectivity index (χ0v) is 12.4. The number of nitrogens with two attached hydrogens (primary N) is 1. The van der Waals surface area contributed by atoms with E-state index in [-0.39, 0.29) is 18.2 Å². The second-order valence-corrected chi connectivity index (χ2v) is 5.04. The van der Waals surface area contributed by atoms with Crippen molar-refractivity contribution >= 4 is 24.3 Å². The van der Waals surface area contributed by atoms with E-state index in [0.29, 0.717) is 12.2 Å². The lowest BCUT2D eigenvalue weighted by Gasteiger charge is -2.19. The summed E-state index contributed by atoms with van der Waals surface area (Å²) in [6.45, 7) is 5.76. The van der Waals surface area contributed by atoms with Gasteiger partial charge in [0.05, 0.1) is 12.2 Å². The van der Waals surface area contributed by atoms with Crippen molar-refractivity contribution < 1.29 is 9.53 Å². The van der Waals surface area contributed by atoms with Crippen molar-refractivity contribution in [3.8, 4) is 0 Å². The van der Waals surface area contributed by atoms with Gasteiger partial charge < -0.3 is 20.4 Å². The minimum Gasteiger partial charge on any atom is -0.444 e. The molecule has 7 heteroatoms. The Morgan fingerprint density at radius 1 is 1.47 bits per heavy atom. The average molecular weight is 289 g/mol. The van der Waals surface area contributed by atoms with E-state index in [1.165, 1.54) is 0 Å². The SMILES string of the molecule is Cl.Cn1c(CNC(=O)OC(C)(C)C)ccc1C(=N)N. The number of nitrogens with one attached hydrogen (secondary N) is 2. The molecule has 1 aromatic heterocycles. The first kappa shape index (κ1) is 17.3. The van der Waals surface area contributed by atoms with E-state index >= 15 is 0 Å². The standard InChI is InChI=1S/C12H20N4O2.ClH/c1-12(2,3)18-11(17)15-7-8-5-6-9(10(13)14)16(8)4;/h5-6H,7H2,1-4H3,(H3,13,14)(H,15,17);1H. The Labute approximate surface area is 119 Å². The van der Waals surface area contributed by atoms with E-state index in [2.05, 4.69) is 5.32 Å². The van der Waals surface area contributed by atoms with Gasteiger partial charge in [0.15, 0.2) is 0 Å². The molecule has 0 saturated heterocycles. The van der Waals surface area contributed by atoms with Gasteiger partial charge >= 0.3 is 6.09 Å². The third kappa shape index (κ3) is 5.21. The second-order valence-electron chi connectivity index (χ2n) is 5.04. The first-order valence-corrected chi connectivity index (χ1v) is 5.66. The summed E-state index contributed by atoms with van der Waals surface area (Å²) in [6.07, 6.45) is -0.465. The van der Waals surface area contributed by atoms with Crippen molar-refractivity contribution in [3.63, 3.8) is 0 Å². The maximum atomic E-state index is 11.5. The van der Waals surface area contributed by atoms with Crippen LogP contribution in [0.1, 0.15) is 32.2 Å². The predicted octanol–water partition coefficient (Wildman–Crippen LogP) is 1.76. The molecule has 19 heavy (non-hydrogen) atoms. The number of ether oxygens (including phenoxy) is 1. The normalized spacial score (nSPS) is 10.5. The Balaban J connectivity index is 0.00000324. The monoisotopic (exact) mass is 288 g/mol. The fraction of sp³-hybridized carbons (Fsp3) is 0.500. The number of alkyl carbamates (subject to hydrolysis) is 1. The lowest BCUT2D eigenvalue weighted by Crippen LogP contribution is -2.32. The van der Waals surface area contributed by atoms with Crippen LogP contribution < -0.4 is 11.1 Å². The zero-order chi connectivity index (χ0) is 13.9. The maximum absolute atomic E-state index is 11.5. The van der Waals surface area contributed by atoms with Crippen LogP contribution >= 0.6 is 12.4 Å². The summed E-state index contributed by atoms with van der Waals surface area (Å²) in [5.74, 6) is 0.000943. The van der Waals surface area contributed by atoms with Crippen molar-refractivity contribution in [1.82, 2.24) is 9.88 Å². The molecule has 1 amide bonds. The van der Waals surface area contributed by atoms with Crippen molar-refractivity contribution in [3.05, 3.63) is 23.5 Å². The number of halogens is 1. The minimum absolute atomic E-state index is 0. The van der Waals surface area contributed by atoms with E-state index in [1.807, 2.05) is 26.8 Å². The maximum Gasteiger partial charge on any atom is 0.407 e. The first-order chi connectivity index (χ1) is 8.20. The van der Waals surface area contributed by atoms with Gasteiger partial charge in [0.1, 0.15) is 11.4 Å².